The van der Waals surface area contributed by atoms with Crippen molar-refractivity contribution in [2.75, 3.05) is 28.7 Å². The van der Waals surface area contributed by atoms with Gasteiger partial charge in [-0.15, -0.1) is 0 Å². The number of aliphatic hydroxyl groups is 1. The van der Waals surface area contributed by atoms with Crippen LogP contribution in [0.3, 0.4) is 0 Å². The SMILES string of the molecule is CCS(=O)(=O)C1CSCCN1c1ccc([C@H](C)O)cc1. The Hall–Kier alpha value is -0.720. The average molecular weight is 315 g/mol. The van der Waals surface area contributed by atoms with Crippen molar-refractivity contribution in [1.29, 1.82) is 0 Å². The lowest BCUT2D eigenvalue weighted by Crippen LogP contribution is -2.48. The van der Waals surface area contributed by atoms with Gasteiger partial charge in [0.1, 0.15) is 5.37 Å². The van der Waals surface area contributed by atoms with E-state index in [1.54, 1.807) is 25.6 Å². The number of benzene rings is 1. The highest BCUT2D eigenvalue weighted by atomic mass is 32.2. The first kappa shape index (κ1) is 15.7. The van der Waals surface area contributed by atoms with Crippen LogP contribution in [0, 0.1) is 0 Å². The average Bonchev–Trinajstić information content (AvgIpc) is 2.47. The van der Waals surface area contributed by atoms with Gasteiger partial charge < -0.3 is 10.0 Å². The summed E-state index contributed by atoms with van der Waals surface area (Å²) in [4.78, 5) is 1.97. The Kier molecular flexibility index (Phi) is 4.99. The summed E-state index contributed by atoms with van der Waals surface area (Å²) in [5, 5.41) is 9.09. The van der Waals surface area contributed by atoms with Crippen molar-refractivity contribution in [2.24, 2.45) is 0 Å². The second-order valence-corrected chi connectivity index (χ2v) is 8.54. The van der Waals surface area contributed by atoms with Gasteiger partial charge in [0.2, 0.25) is 0 Å². The van der Waals surface area contributed by atoms with E-state index in [0.29, 0.717) is 5.75 Å². The van der Waals surface area contributed by atoms with Crippen molar-refractivity contribution in [3.63, 3.8) is 0 Å². The number of aliphatic hydroxyl groups excluding tert-OH is 1. The summed E-state index contributed by atoms with van der Waals surface area (Å²) in [6, 6.07) is 7.52. The summed E-state index contributed by atoms with van der Waals surface area (Å²) in [6.07, 6.45) is -0.504. The molecule has 0 aromatic heterocycles. The van der Waals surface area contributed by atoms with Crippen LogP contribution in [0.1, 0.15) is 25.5 Å². The van der Waals surface area contributed by atoms with E-state index in [9.17, 15) is 13.5 Å². The van der Waals surface area contributed by atoms with Gasteiger partial charge in [-0.3, -0.25) is 0 Å². The van der Waals surface area contributed by atoms with E-state index in [1.165, 1.54) is 0 Å². The van der Waals surface area contributed by atoms with Gasteiger partial charge >= 0.3 is 0 Å². The first-order valence-electron chi connectivity index (χ1n) is 6.79. The molecule has 0 radical (unpaired) electrons. The Labute approximate surface area is 125 Å². The van der Waals surface area contributed by atoms with Crippen molar-refractivity contribution in [1.82, 2.24) is 0 Å². The fraction of sp³-hybridized carbons (Fsp3) is 0.571. The monoisotopic (exact) mass is 315 g/mol. The zero-order valence-corrected chi connectivity index (χ0v) is 13.5. The molecule has 0 aliphatic carbocycles. The lowest BCUT2D eigenvalue weighted by Gasteiger charge is -2.36. The molecule has 0 bridgehead atoms. The van der Waals surface area contributed by atoms with E-state index in [0.717, 1.165) is 23.5 Å². The maximum atomic E-state index is 12.2. The molecule has 20 heavy (non-hydrogen) atoms. The summed E-state index contributed by atoms with van der Waals surface area (Å²) in [5.74, 6) is 1.72. The molecular weight excluding hydrogens is 294 g/mol. The number of anilines is 1. The number of hydrogen-bond donors (Lipinski definition) is 1. The molecule has 1 aromatic carbocycles. The predicted molar refractivity (Wildman–Crippen MR) is 85.0 cm³/mol. The molecule has 112 valence electrons. The van der Waals surface area contributed by atoms with Crippen molar-refractivity contribution in [2.45, 2.75) is 25.3 Å². The molecular formula is C14H21NO3S2. The first-order chi connectivity index (χ1) is 9.45. The standard InChI is InChI=1S/C14H21NO3S2/c1-3-20(17,18)14-10-19-9-8-15(14)13-6-4-12(5-7-13)11(2)16/h4-7,11,14,16H,3,8-10H2,1-2H3/t11-,14?/m0/s1. The van der Waals surface area contributed by atoms with E-state index in [-0.39, 0.29) is 5.75 Å². The number of hydrogen-bond acceptors (Lipinski definition) is 5. The summed E-state index contributed by atoms with van der Waals surface area (Å²) in [7, 11) is -3.09. The molecule has 1 aliphatic rings. The molecule has 6 heteroatoms. The van der Waals surface area contributed by atoms with Crippen LogP contribution in [0.5, 0.6) is 0 Å². The Balaban J connectivity index is 2.28. The normalized spacial score (nSPS) is 21.8. The maximum Gasteiger partial charge on any atom is 0.171 e. The maximum absolute atomic E-state index is 12.2. The van der Waals surface area contributed by atoms with Crippen LogP contribution in [0.15, 0.2) is 24.3 Å². The lowest BCUT2D eigenvalue weighted by atomic mass is 10.1. The minimum Gasteiger partial charge on any atom is -0.389 e. The molecule has 1 N–H and O–H groups in total. The molecule has 2 atom stereocenters. The first-order valence-corrected chi connectivity index (χ1v) is 9.66. The summed E-state index contributed by atoms with van der Waals surface area (Å²) in [5.41, 5.74) is 1.76. The Morgan fingerprint density at radius 2 is 2.05 bits per heavy atom. The number of thioether (sulfide) groups is 1. The number of sulfone groups is 1. The van der Waals surface area contributed by atoms with Crippen LogP contribution in [0.4, 0.5) is 5.69 Å². The third-order valence-electron chi connectivity index (χ3n) is 3.61. The van der Waals surface area contributed by atoms with E-state index < -0.39 is 21.3 Å². The Bertz CT molecular complexity index is 540. The molecule has 1 aliphatic heterocycles. The van der Waals surface area contributed by atoms with Gasteiger partial charge in [-0.25, -0.2) is 8.42 Å². The van der Waals surface area contributed by atoms with Crippen molar-refractivity contribution in [3.8, 4) is 0 Å². The molecule has 1 fully saturated rings. The van der Waals surface area contributed by atoms with Crippen molar-refractivity contribution >= 4 is 27.3 Å². The van der Waals surface area contributed by atoms with Crippen molar-refractivity contribution < 1.29 is 13.5 Å². The van der Waals surface area contributed by atoms with E-state index >= 15 is 0 Å². The third-order valence-corrected chi connectivity index (χ3v) is 6.90. The van der Waals surface area contributed by atoms with Gasteiger partial charge in [-0.2, -0.15) is 11.8 Å². The summed E-state index contributed by atoms with van der Waals surface area (Å²) < 4.78 is 24.4. The molecule has 1 unspecified atom stereocenters. The second-order valence-electron chi connectivity index (χ2n) is 4.94. The summed E-state index contributed by atoms with van der Waals surface area (Å²) in [6.45, 7) is 4.16. The van der Waals surface area contributed by atoms with Gasteiger partial charge in [0, 0.05) is 29.5 Å². The van der Waals surface area contributed by atoms with Crippen molar-refractivity contribution in [3.05, 3.63) is 29.8 Å². The van der Waals surface area contributed by atoms with Crippen LogP contribution in [0.2, 0.25) is 0 Å². The molecule has 1 heterocycles. The van der Waals surface area contributed by atoms with Crippen LogP contribution in [-0.2, 0) is 9.84 Å². The van der Waals surface area contributed by atoms with Crippen LogP contribution in [-0.4, -0.2) is 42.7 Å². The topological polar surface area (TPSA) is 57.6 Å². The quantitative estimate of drug-likeness (QED) is 0.921. The van der Waals surface area contributed by atoms with Gasteiger partial charge in [0.05, 0.1) is 6.10 Å². The molecule has 0 saturated carbocycles. The minimum atomic E-state index is -3.09. The van der Waals surface area contributed by atoms with Gasteiger partial charge in [-0.05, 0) is 24.6 Å². The number of rotatable bonds is 4. The second kappa shape index (κ2) is 6.37. The fourth-order valence-electron chi connectivity index (χ4n) is 2.31. The number of nitrogens with zero attached hydrogens (tertiary/aromatic N) is 1. The zero-order valence-electron chi connectivity index (χ0n) is 11.8. The third kappa shape index (κ3) is 3.30. The largest absolute Gasteiger partial charge is 0.389 e. The van der Waals surface area contributed by atoms with Crippen LogP contribution in [0.25, 0.3) is 0 Å². The van der Waals surface area contributed by atoms with Crippen LogP contribution >= 0.6 is 11.8 Å². The predicted octanol–water partition coefficient (Wildman–Crippen LogP) is 2.05. The molecule has 2 rings (SSSR count). The van der Waals surface area contributed by atoms with Gasteiger partial charge in [0.25, 0.3) is 0 Å². The highest BCUT2D eigenvalue weighted by Crippen LogP contribution is 2.28. The zero-order chi connectivity index (χ0) is 14.8. The minimum absolute atomic E-state index is 0.167. The highest BCUT2D eigenvalue weighted by Gasteiger charge is 2.32. The summed E-state index contributed by atoms with van der Waals surface area (Å²) >= 11 is 1.69. The molecule has 0 spiro atoms. The lowest BCUT2D eigenvalue weighted by molar-refractivity contribution is 0.199. The van der Waals surface area contributed by atoms with E-state index in [2.05, 4.69) is 0 Å². The van der Waals surface area contributed by atoms with E-state index in [1.807, 2.05) is 29.2 Å². The molecule has 1 saturated heterocycles. The smallest absolute Gasteiger partial charge is 0.171 e. The molecule has 4 nitrogen and oxygen atoms in total. The molecule has 1 aromatic rings. The van der Waals surface area contributed by atoms with Gasteiger partial charge in [-0.1, -0.05) is 19.1 Å². The van der Waals surface area contributed by atoms with E-state index in [4.69, 9.17) is 0 Å². The van der Waals surface area contributed by atoms with Gasteiger partial charge in [0.15, 0.2) is 9.84 Å². The molecule has 0 amide bonds. The highest BCUT2D eigenvalue weighted by molar-refractivity contribution is 8.01. The Morgan fingerprint density at radius 1 is 1.40 bits per heavy atom. The fourth-order valence-corrected chi connectivity index (χ4v) is 5.30. The Morgan fingerprint density at radius 3 is 2.60 bits per heavy atom. The van der Waals surface area contributed by atoms with Crippen LogP contribution < -0.4 is 4.90 Å².